The van der Waals surface area contributed by atoms with Crippen LogP contribution >= 0.6 is 11.6 Å². The summed E-state index contributed by atoms with van der Waals surface area (Å²) in [6, 6.07) is 6.72. The van der Waals surface area contributed by atoms with Crippen molar-refractivity contribution >= 4 is 34.8 Å². The van der Waals surface area contributed by atoms with E-state index in [1.54, 1.807) is 38.5 Å². The maximum absolute atomic E-state index is 12.3. The molecule has 1 amide bonds. The third-order valence-electron chi connectivity index (χ3n) is 3.71. The number of ether oxygens (including phenoxy) is 2. The van der Waals surface area contributed by atoms with Crippen molar-refractivity contribution in [2.45, 2.75) is 0 Å². The first-order valence-electron chi connectivity index (χ1n) is 8.22. The zero-order valence-electron chi connectivity index (χ0n) is 15.2. The number of methoxy groups -OCH3 is 2. The van der Waals surface area contributed by atoms with Crippen molar-refractivity contribution < 1.29 is 14.3 Å². The normalized spacial score (nSPS) is 10.5. The van der Waals surface area contributed by atoms with E-state index in [-0.39, 0.29) is 5.82 Å². The molecule has 0 fully saturated rings. The van der Waals surface area contributed by atoms with Gasteiger partial charge in [-0.05, 0) is 12.1 Å². The first-order chi connectivity index (χ1) is 13.1. The minimum absolute atomic E-state index is 0.278. The van der Waals surface area contributed by atoms with E-state index < -0.39 is 5.91 Å². The van der Waals surface area contributed by atoms with Gasteiger partial charge in [0, 0.05) is 27.3 Å². The number of amides is 1. The molecule has 0 saturated heterocycles. The number of hydrogen-bond acceptors (Lipinski definition) is 8. The lowest BCUT2D eigenvalue weighted by Crippen LogP contribution is -2.33. The molecule has 1 aromatic heterocycles. The first kappa shape index (κ1) is 20.7. The van der Waals surface area contributed by atoms with Gasteiger partial charge in [-0.2, -0.15) is 0 Å². The molecule has 0 bridgehead atoms. The van der Waals surface area contributed by atoms with Crippen molar-refractivity contribution in [2.75, 3.05) is 56.6 Å². The van der Waals surface area contributed by atoms with Crippen molar-refractivity contribution in [1.82, 2.24) is 15.4 Å². The van der Waals surface area contributed by atoms with Crippen molar-refractivity contribution in [3.63, 3.8) is 0 Å². The van der Waals surface area contributed by atoms with Crippen LogP contribution in [0.5, 0.6) is 0 Å². The lowest BCUT2D eigenvalue weighted by molar-refractivity contribution is 0.0962. The van der Waals surface area contributed by atoms with E-state index in [1.165, 1.54) is 6.33 Å². The van der Waals surface area contributed by atoms with Gasteiger partial charge in [0.2, 0.25) is 0 Å². The topological polar surface area (TPSA) is 115 Å². The van der Waals surface area contributed by atoms with E-state index in [1.807, 2.05) is 4.90 Å². The van der Waals surface area contributed by atoms with Crippen LogP contribution in [0.4, 0.5) is 17.3 Å². The Bertz CT molecular complexity index is 753. The molecule has 27 heavy (non-hydrogen) atoms. The van der Waals surface area contributed by atoms with Gasteiger partial charge in [-0.15, -0.1) is 0 Å². The molecule has 0 unspecified atom stereocenters. The Hall–Kier alpha value is -2.62. The molecular weight excluding hydrogens is 372 g/mol. The summed E-state index contributed by atoms with van der Waals surface area (Å²) in [5, 5.41) is 0.346. The molecule has 146 valence electrons. The maximum Gasteiger partial charge on any atom is 0.271 e. The Morgan fingerprint density at radius 3 is 2.48 bits per heavy atom. The van der Waals surface area contributed by atoms with E-state index in [0.29, 0.717) is 48.4 Å². The van der Waals surface area contributed by atoms with Gasteiger partial charge in [-0.25, -0.2) is 9.97 Å². The predicted octanol–water partition coefficient (Wildman–Crippen LogP) is 1.57. The summed E-state index contributed by atoms with van der Waals surface area (Å²) in [5.74, 6) is 0.393. The second-order valence-corrected chi connectivity index (χ2v) is 5.90. The third-order valence-corrected chi connectivity index (χ3v) is 4.04. The second-order valence-electron chi connectivity index (χ2n) is 5.49. The largest absolute Gasteiger partial charge is 0.393 e. The fraction of sp³-hybridized carbons (Fsp3) is 0.353. The molecule has 9 nitrogen and oxygen atoms in total. The van der Waals surface area contributed by atoms with Crippen molar-refractivity contribution in [2.24, 2.45) is 0 Å². The summed E-state index contributed by atoms with van der Waals surface area (Å²) in [6.07, 6.45) is 1.36. The monoisotopic (exact) mass is 394 g/mol. The molecule has 4 N–H and O–H groups in total. The molecule has 0 aliphatic heterocycles. The van der Waals surface area contributed by atoms with E-state index in [2.05, 4.69) is 20.8 Å². The minimum atomic E-state index is -0.407. The molecular formula is C17H23ClN6O3. The van der Waals surface area contributed by atoms with Crippen LogP contribution in [0.25, 0.3) is 0 Å². The molecule has 0 saturated carbocycles. The average molecular weight is 395 g/mol. The highest BCUT2D eigenvalue weighted by molar-refractivity contribution is 6.33. The Balaban J connectivity index is 2.12. The lowest BCUT2D eigenvalue weighted by atomic mass is 10.2. The summed E-state index contributed by atoms with van der Waals surface area (Å²) in [7, 11) is 3.24. The molecule has 0 spiro atoms. The number of rotatable bonds is 10. The number of nitrogens with two attached hydrogens (primary N) is 1. The molecule has 0 aliphatic carbocycles. The number of carbonyl (C=O) groups excluding carboxylic acids is 1. The van der Waals surface area contributed by atoms with Crippen LogP contribution in [0.15, 0.2) is 30.6 Å². The Morgan fingerprint density at radius 1 is 1.19 bits per heavy atom. The molecule has 0 atom stereocenters. The molecule has 1 heterocycles. The number of nitrogen functional groups attached to an aromatic ring is 1. The van der Waals surface area contributed by atoms with E-state index in [9.17, 15) is 4.79 Å². The van der Waals surface area contributed by atoms with Crippen molar-refractivity contribution in [3.8, 4) is 0 Å². The number of nitrogens with zero attached hydrogens (tertiary/aromatic N) is 3. The second kappa shape index (κ2) is 10.5. The SMILES string of the molecule is COCCN(CCOC)c1ncnc(NNC(=O)c2ccccc2Cl)c1N. The summed E-state index contributed by atoms with van der Waals surface area (Å²) in [4.78, 5) is 22.5. The molecule has 0 radical (unpaired) electrons. The van der Waals surface area contributed by atoms with Crippen LogP contribution in [-0.2, 0) is 9.47 Å². The van der Waals surface area contributed by atoms with Crippen LogP contribution in [0.3, 0.4) is 0 Å². The number of halogens is 1. The highest BCUT2D eigenvalue weighted by atomic mass is 35.5. The van der Waals surface area contributed by atoms with Gasteiger partial charge < -0.3 is 20.1 Å². The minimum Gasteiger partial charge on any atom is -0.393 e. The molecule has 0 aliphatic rings. The fourth-order valence-electron chi connectivity index (χ4n) is 2.29. The Morgan fingerprint density at radius 2 is 1.85 bits per heavy atom. The number of aromatic nitrogens is 2. The number of nitrogens with one attached hydrogen (secondary N) is 2. The van der Waals surface area contributed by atoms with Gasteiger partial charge in [0.15, 0.2) is 11.6 Å². The fourth-order valence-corrected chi connectivity index (χ4v) is 2.51. The summed E-state index contributed by atoms with van der Waals surface area (Å²) in [6.45, 7) is 2.15. The molecule has 1 aromatic carbocycles. The average Bonchev–Trinajstić information content (AvgIpc) is 2.68. The van der Waals surface area contributed by atoms with Crippen LogP contribution in [0.2, 0.25) is 5.02 Å². The number of carbonyl (C=O) groups is 1. The quantitative estimate of drug-likeness (QED) is 0.520. The van der Waals surface area contributed by atoms with Crippen LogP contribution in [-0.4, -0.2) is 56.4 Å². The highest BCUT2D eigenvalue weighted by Crippen LogP contribution is 2.25. The zero-order valence-corrected chi connectivity index (χ0v) is 16.0. The van der Waals surface area contributed by atoms with E-state index >= 15 is 0 Å². The third kappa shape index (κ3) is 5.68. The Labute approximate surface area is 162 Å². The van der Waals surface area contributed by atoms with Crippen LogP contribution < -0.4 is 21.5 Å². The van der Waals surface area contributed by atoms with E-state index in [4.69, 9.17) is 26.8 Å². The summed E-state index contributed by atoms with van der Waals surface area (Å²) in [5.41, 5.74) is 12.1. The van der Waals surface area contributed by atoms with Crippen molar-refractivity contribution in [1.29, 1.82) is 0 Å². The van der Waals surface area contributed by atoms with Gasteiger partial charge in [-0.3, -0.25) is 15.6 Å². The van der Waals surface area contributed by atoms with Crippen LogP contribution in [0, 0.1) is 0 Å². The van der Waals surface area contributed by atoms with Gasteiger partial charge in [0.1, 0.15) is 12.0 Å². The number of hydrogen-bond donors (Lipinski definition) is 3. The van der Waals surface area contributed by atoms with Crippen LogP contribution in [0.1, 0.15) is 10.4 Å². The molecule has 2 rings (SSSR count). The van der Waals surface area contributed by atoms with E-state index in [0.717, 1.165) is 0 Å². The number of hydrazine groups is 1. The number of anilines is 3. The van der Waals surface area contributed by atoms with Gasteiger partial charge in [-0.1, -0.05) is 23.7 Å². The summed E-state index contributed by atoms with van der Waals surface area (Å²) < 4.78 is 10.3. The maximum atomic E-state index is 12.3. The molecule has 10 heteroatoms. The number of benzene rings is 1. The van der Waals surface area contributed by atoms with Gasteiger partial charge in [0.05, 0.1) is 23.8 Å². The van der Waals surface area contributed by atoms with Gasteiger partial charge in [0.25, 0.3) is 5.91 Å². The predicted molar refractivity (Wildman–Crippen MR) is 105 cm³/mol. The van der Waals surface area contributed by atoms with Crippen molar-refractivity contribution in [3.05, 3.63) is 41.2 Å². The Kier molecular flexibility index (Phi) is 8.05. The van der Waals surface area contributed by atoms with Gasteiger partial charge >= 0.3 is 0 Å². The summed E-state index contributed by atoms with van der Waals surface area (Å²) >= 11 is 6.03. The first-order valence-corrected chi connectivity index (χ1v) is 8.60. The zero-order chi connectivity index (χ0) is 19.6. The smallest absolute Gasteiger partial charge is 0.271 e. The lowest BCUT2D eigenvalue weighted by Gasteiger charge is -2.25. The standard InChI is InChI=1S/C17H23ClN6O3/c1-26-9-7-24(8-10-27-2)16-14(19)15(20-11-21-16)22-23-17(25)12-5-3-4-6-13(12)18/h3-6,11H,7-10,19H2,1-2H3,(H,23,25)(H,20,21,22). The molecule has 2 aromatic rings. The highest BCUT2D eigenvalue weighted by Gasteiger charge is 2.16.